The van der Waals surface area contributed by atoms with E-state index in [4.69, 9.17) is 0 Å². The summed E-state index contributed by atoms with van der Waals surface area (Å²) in [6, 6.07) is 19.2. The second-order valence-corrected chi connectivity index (χ2v) is 6.94. The summed E-state index contributed by atoms with van der Waals surface area (Å²) in [5.41, 5.74) is 1.83. The highest BCUT2D eigenvalue weighted by Gasteiger charge is 2.28. The average molecular weight is 256 g/mol. The Balaban J connectivity index is 2.48. The van der Waals surface area contributed by atoms with Gasteiger partial charge in [-0.2, -0.15) is 0 Å². The molecule has 0 amide bonds. The molecule has 3 heteroatoms. The summed E-state index contributed by atoms with van der Waals surface area (Å²) in [6.07, 6.45) is 1.85. The van der Waals surface area contributed by atoms with Crippen LogP contribution in [0.1, 0.15) is 11.1 Å². The predicted octanol–water partition coefficient (Wildman–Crippen LogP) is 2.82. The molecule has 0 aromatic heterocycles. The monoisotopic (exact) mass is 256 g/mol. The van der Waals surface area contributed by atoms with Crippen molar-refractivity contribution in [2.45, 2.75) is 6.55 Å². The molecular formula is C15H16O2Si. The molecule has 0 saturated carbocycles. The van der Waals surface area contributed by atoms with E-state index in [9.17, 15) is 9.59 Å². The van der Waals surface area contributed by atoms with Gasteiger partial charge in [0.05, 0.1) is 0 Å². The predicted molar refractivity (Wildman–Crippen MR) is 76.8 cm³/mol. The molecule has 0 unspecified atom stereocenters. The minimum absolute atomic E-state index is 0.620. The molecular weight excluding hydrogens is 240 g/mol. The van der Waals surface area contributed by atoms with Crippen molar-refractivity contribution >= 4 is 19.8 Å². The average Bonchev–Trinajstić information content (AvgIpc) is 2.37. The van der Waals surface area contributed by atoms with Gasteiger partial charge in [-0.1, -0.05) is 66.7 Å². The summed E-state index contributed by atoms with van der Waals surface area (Å²) in [4.78, 5) is 20.0. The molecule has 0 fully saturated rings. The Morgan fingerprint density at radius 3 is 1.89 bits per heavy atom. The van der Waals surface area contributed by atoms with Crippen molar-refractivity contribution in [3.05, 3.63) is 71.8 Å². The maximum absolute atomic E-state index is 10.0. The van der Waals surface area contributed by atoms with Gasteiger partial charge in [0.1, 0.15) is 0 Å². The minimum Gasteiger partial charge on any atom is -0.408 e. The molecule has 0 atom stereocenters. The maximum Gasteiger partial charge on any atom is 0.364 e. The molecule has 2 aromatic carbocycles. The van der Waals surface area contributed by atoms with Crippen LogP contribution >= 0.6 is 0 Å². The molecule has 92 valence electrons. The quantitative estimate of drug-likeness (QED) is 0.655. The van der Waals surface area contributed by atoms with Gasteiger partial charge in [0.25, 0.3) is 0 Å². The number of rotatable bonds is 3. The zero-order valence-corrected chi connectivity index (χ0v) is 11.2. The molecule has 2 nitrogen and oxygen atoms in total. The molecule has 0 radical (unpaired) electrons. The second-order valence-electron chi connectivity index (χ2n) is 4.36. The first-order valence-corrected chi connectivity index (χ1v) is 8.24. The van der Waals surface area contributed by atoms with Gasteiger partial charge < -0.3 is 9.59 Å². The van der Waals surface area contributed by atoms with Crippen molar-refractivity contribution in [2.75, 3.05) is 0 Å². The van der Waals surface area contributed by atoms with Crippen molar-refractivity contribution in [2.24, 2.45) is 0 Å². The minimum atomic E-state index is -3.35. The van der Waals surface area contributed by atoms with Crippen LogP contribution in [-0.2, 0) is 0 Å². The largest absolute Gasteiger partial charge is 0.408 e. The topological polar surface area (TPSA) is 40.5 Å². The summed E-state index contributed by atoms with van der Waals surface area (Å²) in [5, 5.41) is 0.620. The van der Waals surface area contributed by atoms with E-state index in [2.05, 4.69) is 0 Å². The molecule has 0 heterocycles. The van der Waals surface area contributed by atoms with Gasteiger partial charge in [-0.3, -0.25) is 0 Å². The van der Waals surface area contributed by atoms with Crippen LogP contribution in [0.15, 0.2) is 60.7 Å². The lowest BCUT2D eigenvalue weighted by molar-refractivity contribution is 0.393. The summed E-state index contributed by atoms with van der Waals surface area (Å²) in [6.45, 7) is 1.51. The highest BCUT2D eigenvalue weighted by Crippen LogP contribution is 2.24. The van der Waals surface area contributed by atoms with Crippen LogP contribution < -0.4 is 0 Å². The van der Waals surface area contributed by atoms with E-state index in [0.29, 0.717) is 5.20 Å². The summed E-state index contributed by atoms with van der Waals surface area (Å²) in [5.74, 6) is 0. The van der Waals surface area contributed by atoms with E-state index < -0.39 is 8.56 Å². The highest BCUT2D eigenvalue weighted by molar-refractivity contribution is 6.84. The van der Waals surface area contributed by atoms with Gasteiger partial charge in [0.15, 0.2) is 0 Å². The molecule has 2 N–H and O–H groups in total. The Kier molecular flexibility index (Phi) is 3.77. The van der Waals surface area contributed by atoms with Crippen molar-refractivity contribution < 1.29 is 9.59 Å². The van der Waals surface area contributed by atoms with Crippen LogP contribution in [-0.4, -0.2) is 18.2 Å². The molecule has 0 bridgehead atoms. The first kappa shape index (κ1) is 12.8. The lowest BCUT2D eigenvalue weighted by Gasteiger charge is -2.17. The van der Waals surface area contributed by atoms with Gasteiger partial charge in [-0.05, 0) is 17.7 Å². The van der Waals surface area contributed by atoms with E-state index in [1.807, 2.05) is 66.7 Å². The Hall–Kier alpha value is -1.68. The van der Waals surface area contributed by atoms with Crippen molar-refractivity contribution in [1.29, 1.82) is 0 Å². The lowest BCUT2D eigenvalue weighted by Crippen LogP contribution is -2.32. The van der Waals surface area contributed by atoms with Crippen LogP contribution in [0.3, 0.4) is 0 Å². The molecule has 0 aliphatic heterocycles. The zero-order chi connectivity index (χ0) is 13.0. The fourth-order valence-corrected chi connectivity index (χ4v) is 2.98. The third kappa shape index (κ3) is 3.17. The van der Waals surface area contributed by atoms with Crippen molar-refractivity contribution in [3.8, 4) is 0 Å². The molecule has 2 aromatic rings. The molecule has 0 aliphatic rings. The van der Waals surface area contributed by atoms with Crippen LogP contribution in [0.25, 0.3) is 11.3 Å². The van der Waals surface area contributed by atoms with Gasteiger partial charge >= 0.3 is 8.56 Å². The summed E-state index contributed by atoms with van der Waals surface area (Å²) < 4.78 is 0. The second kappa shape index (κ2) is 5.31. The van der Waals surface area contributed by atoms with E-state index in [1.54, 1.807) is 0 Å². The number of hydrogen-bond acceptors (Lipinski definition) is 2. The van der Waals surface area contributed by atoms with Gasteiger partial charge in [0.2, 0.25) is 0 Å². The van der Waals surface area contributed by atoms with Crippen LogP contribution in [0.4, 0.5) is 0 Å². The Bertz CT molecular complexity index is 527. The third-order valence-corrected chi connectivity index (χ3v) is 4.16. The first-order valence-electron chi connectivity index (χ1n) is 5.85. The standard InChI is InChI=1S/C15H16O2Si/c1-18(16,17)15(14-10-6-3-7-11-14)12-13-8-4-2-5-9-13/h2-12,16-17H,1H3/b15-12+. The summed E-state index contributed by atoms with van der Waals surface area (Å²) >= 11 is 0. The van der Waals surface area contributed by atoms with E-state index in [0.717, 1.165) is 11.1 Å². The van der Waals surface area contributed by atoms with E-state index in [1.165, 1.54) is 6.55 Å². The van der Waals surface area contributed by atoms with Gasteiger partial charge in [-0.15, -0.1) is 0 Å². The Morgan fingerprint density at radius 1 is 0.889 bits per heavy atom. The van der Waals surface area contributed by atoms with Crippen molar-refractivity contribution in [3.63, 3.8) is 0 Å². The first-order chi connectivity index (χ1) is 8.57. The number of benzene rings is 2. The SMILES string of the molecule is C[Si](O)(O)/C(=C/c1ccccc1)c1ccccc1. The van der Waals surface area contributed by atoms with Gasteiger partial charge in [-0.25, -0.2) is 0 Å². The normalized spacial score (nSPS) is 12.5. The molecule has 0 aliphatic carbocycles. The Labute approximate surface area is 108 Å². The highest BCUT2D eigenvalue weighted by atomic mass is 28.4. The zero-order valence-electron chi connectivity index (χ0n) is 10.2. The fourth-order valence-electron chi connectivity index (χ4n) is 1.83. The number of hydrogen-bond donors (Lipinski definition) is 2. The molecule has 18 heavy (non-hydrogen) atoms. The lowest BCUT2D eigenvalue weighted by atomic mass is 10.1. The van der Waals surface area contributed by atoms with Crippen LogP contribution in [0.2, 0.25) is 6.55 Å². The third-order valence-electron chi connectivity index (χ3n) is 2.71. The fraction of sp³-hybridized carbons (Fsp3) is 0.0667. The van der Waals surface area contributed by atoms with Crippen LogP contribution in [0, 0.1) is 0 Å². The van der Waals surface area contributed by atoms with Crippen LogP contribution in [0.5, 0.6) is 0 Å². The van der Waals surface area contributed by atoms with E-state index in [-0.39, 0.29) is 0 Å². The Morgan fingerprint density at radius 2 is 1.39 bits per heavy atom. The smallest absolute Gasteiger partial charge is 0.364 e. The van der Waals surface area contributed by atoms with Crippen molar-refractivity contribution in [1.82, 2.24) is 0 Å². The molecule has 0 saturated heterocycles. The summed E-state index contributed by atoms with van der Waals surface area (Å²) in [7, 11) is -3.35. The molecule has 0 spiro atoms. The molecule has 2 rings (SSSR count). The van der Waals surface area contributed by atoms with Gasteiger partial charge in [0, 0.05) is 5.20 Å². The van der Waals surface area contributed by atoms with E-state index >= 15 is 0 Å². The maximum atomic E-state index is 10.0.